The maximum atomic E-state index is 8.82. The average Bonchev–Trinajstić information content (AvgIpc) is 2.18. The minimum absolute atomic E-state index is 0.791. The van der Waals surface area contributed by atoms with E-state index in [-0.39, 0.29) is 0 Å². The zero-order chi connectivity index (χ0) is 9.84. The molecule has 1 aromatic carbocycles. The van der Waals surface area contributed by atoms with Crippen molar-refractivity contribution in [3.05, 3.63) is 34.4 Å². The van der Waals surface area contributed by atoms with Crippen molar-refractivity contribution in [2.24, 2.45) is 0 Å². The van der Waals surface area contributed by atoms with Gasteiger partial charge >= 0.3 is 0 Å². The van der Waals surface area contributed by atoms with Crippen molar-refractivity contribution in [2.75, 3.05) is 0 Å². The number of nitriles is 1. The number of hydrogen-bond acceptors (Lipinski definition) is 1. The first kappa shape index (κ1) is 9.80. The summed E-state index contributed by atoms with van der Waals surface area (Å²) in [6.07, 6.45) is 2.02. The van der Waals surface area contributed by atoms with Gasteiger partial charge in [0.1, 0.15) is 0 Å². The van der Waals surface area contributed by atoms with E-state index in [4.69, 9.17) is 5.26 Å². The van der Waals surface area contributed by atoms with Crippen LogP contribution in [-0.4, -0.2) is 0 Å². The van der Waals surface area contributed by atoms with Crippen LogP contribution in [0, 0.1) is 18.3 Å². The molecule has 0 radical (unpaired) electrons. The number of benzene rings is 1. The fourth-order valence-electron chi connectivity index (χ4n) is 1.64. The summed E-state index contributed by atoms with van der Waals surface area (Å²) in [5.41, 5.74) is 4.75. The lowest BCUT2D eigenvalue weighted by Gasteiger charge is -2.08. The molecular formula is C12H15N. The van der Waals surface area contributed by atoms with E-state index in [2.05, 4.69) is 26.8 Å². The van der Waals surface area contributed by atoms with Crippen LogP contribution in [-0.2, 0) is 12.8 Å². The zero-order valence-electron chi connectivity index (χ0n) is 8.52. The van der Waals surface area contributed by atoms with Gasteiger partial charge in [0, 0.05) is 0 Å². The van der Waals surface area contributed by atoms with Crippen molar-refractivity contribution in [3.63, 3.8) is 0 Å². The van der Waals surface area contributed by atoms with E-state index in [9.17, 15) is 0 Å². The van der Waals surface area contributed by atoms with E-state index in [1.807, 2.05) is 12.1 Å². The summed E-state index contributed by atoms with van der Waals surface area (Å²) < 4.78 is 0. The molecule has 0 unspecified atom stereocenters. The van der Waals surface area contributed by atoms with Crippen LogP contribution in [0.4, 0.5) is 0 Å². The van der Waals surface area contributed by atoms with Crippen molar-refractivity contribution in [1.29, 1.82) is 5.26 Å². The Morgan fingerprint density at radius 3 is 1.92 bits per heavy atom. The predicted octanol–water partition coefficient (Wildman–Crippen LogP) is 2.99. The molecular weight excluding hydrogens is 158 g/mol. The van der Waals surface area contributed by atoms with Gasteiger partial charge in [-0.2, -0.15) is 5.26 Å². The minimum atomic E-state index is 0.791. The summed E-state index contributed by atoms with van der Waals surface area (Å²) in [6, 6.07) is 6.19. The molecule has 0 aliphatic rings. The normalized spacial score (nSPS) is 9.69. The van der Waals surface area contributed by atoms with Crippen LogP contribution in [0.5, 0.6) is 0 Å². The molecule has 0 atom stereocenters. The van der Waals surface area contributed by atoms with Crippen LogP contribution in [0.2, 0.25) is 0 Å². The standard InChI is InChI=1S/C12H15N/c1-4-11-6-10(8-13)7-12(5-2)9(11)3/h6-7H,4-5H2,1-3H3. The molecule has 1 nitrogen and oxygen atoms in total. The van der Waals surface area contributed by atoms with Crippen molar-refractivity contribution in [2.45, 2.75) is 33.6 Å². The maximum absolute atomic E-state index is 8.82. The fraction of sp³-hybridized carbons (Fsp3) is 0.417. The predicted molar refractivity (Wildman–Crippen MR) is 54.7 cm³/mol. The highest BCUT2D eigenvalue weighted by molar-refractivity contribution is 5.43. The second-order valence-corrected chi connectivity index (χ2v) is 3.24. The highest BCUT2D eigenvalue weighted by Gasteiger charge is 2.03. The van der Waals surface area contributed by atoms with Gasteiger partial charge < -0.3 is 0 Å². The molecule has 0 bridgehead atoms. The van der Waals surface area contributed by atoms with E-state index in [1.165, 1.54) is 16.7 Å². The summed E-state index contributed by atoms with van der Waals surface area (Å²) in [4.78, 5) is 0. The Morgan fingerprint density at radius 1 is 1.15 bits per heavy atom. The van der Waals surface area contributed by atoms with Crippen LogP contribution < -0.4 is 0 Å². The third-order valence-electron chi connectivity index (χ3n) is 2.51. The monoisotopic (exact) mass is 173 g/mol. The van der Waals surface area contributed by atoms with Crippen LogP contribution in [0.1, 0.15) is 36.1 Å². The van der Waals surface area contributed by atoms with Crippen molar-refractivity contribution < 1.29 is 0 Å². The largest absolute Gasteiger partial charge is 0.192 e. The Bertz CT molecular complexity index is 320. The minimum Gasteiger partial charge on any atom is -0.192 e. The number of hydrogen-bond donors (Lipinski definition) is 0. The topological polar surface area (TPSA) is 23.8 Å². The average molecular weight is 173 g/mol. The molecule has 0 fully saturated rings. The summed E-state index contributed by atoms with van der Waals surface area (Å²) in [6.45, 7) is 6.39. The number of nitrogens with zero attached hydrogens (tertiary/aromatic N) is 1. The highest BCUT2D eigenvalue weighted by Crippen LogP contribution is 2.17. The maximum Gasteiger partial charge on any atom is 0.0991 e. The quantitative estimate of drug-likeness (QED) is 0.674. The molecule has 0 amide bonds. The Kier molecular flexibility index (Phi) is 3.08. The van der Waals surface area contributed by atoms with Gasteiger partial charge in [-0.25, -0.2) is 0 Å². The first-order chi connectivity index (χ1) is 6.22. The Morgan fingerprint density at radius 2 is 1.62 bits per heavy atom. The molecule has 1 rings (SSSR count). The van der Waals surface area contributed by atoms with Crippen LogP contribution in [0.25, 0.3) is 0 Å². The molecule has 0 aromatic heterocycles. The first-order valence-electron chi connectivity index (χ1n) is 4.75. The van der Waals surface area contributed by atoms with Crippen LogP contribution in [0.15, 0.2) is 12.1 Å². The molecule has 0 N–H and O–H groups in total. The molecule has 0 heterocycles. The van der Waals surface area contributed by atoms with Gasteiger partial charge in [-0.05, 0) is 48.6 Å². The number of aryl methyl sites for hydroxylation is 2. The molecule has 68 valence electrons. The second kappa shape index (κ2) is 4.09. The smallest absolute Gasteiger partial charge is 0.0991 e. The lowest BCUT2D eigenvalue weighted by molar-refractivity contribution is 1.04. The van der Waals surface area contributed by atoms with E-state index < -0.39 is 0 Å². The SMILES string of the molecule is CCc1cc(C#N)cc(CC)c1C. The van der Waals surface area contributed by atoms with E-state index >= 15 is 0 Å². The van der Waals surface area contributed by atoms with Crippen LogP contribution in [0.3, 0.4) is 0 Å². The van der Waals surface area contributed by atoms with Gasteiger partial charge in [0.2, 0.25) is 0 Å². The van der Waals surface area contributed by atoms with Crippen molar-refractivity contribution in [1.82, 2.24) is 0 Å². The Balaban J connectivity index is 3.30. The summed E-state index contributed by atoms with van der Waals surface area (Å²) in [5.74, 6) is 0. The third-order valence-corrected chi connectivity index (χ3v) is 2.51. The summed E-state index contributed by atoms with van der Waals surface area (Å²) in [7, 11) is 0. The summed E-state index contributed by atoms with van der Waals surface area (Å²) >= 11 is 0. The Labute approximate surface area is 80.0 Å². The van der Waals surface area contributed by atoms with E-state index in [0.717, 1.165) is 18.4 Å². The van der Waals surface area contributed by atoms with Gasteiger partial charge in [-0.15, -0.1) is 0 Å². The van der Waals surface area contributed by atoms with Gasteiger partial charge in [0.05, 0.1) is 11.6 Å². The van der Waals surface area contributed by atoms with Gasteiger partial charge in [0.25, 0.3) is 0 Å². The molecule has 0 saturated heterocycles. The fourth-order valence-corrected chi connectivity index (χ4v) is 1.64. The lowest BCUT2D eigenvalue weighted by atomic mass is 9.96. The molecule has 1 aromatic rings. The molecule has 1 heteroatoms. The van der Waals surface area contributed by atoms with Crippen molar-refractivity contribution in [3.8, 4) is 6.07 Å². The van der Waals surface area contributed by atoms with Gasteiger partial charge in [0.15, 0.2) is 0 Å². The van der Waals surface area contributed by atoms with E-state index in [0.29, 0.717) is 0 Å². The Hall–Kier alpha value is -1.29. The van der Waals surface area contributed by atoms with Gasteiger partial charge in [-0.1, -0.05) is 13.8 Å². The van der Waals surface area contributed by atoms with Gasteiger partial charge in [-0.3, -0.25) is 0 Å². The molecule has 0 spiro atoms. The van der Waals surface area contributed by atoms with Crippen molar-refractivity contribution >= 4 is 0 Å². The molecule has 13 heavy (non-hydrogen) atoms. The highest BCUT2D eigenvalue weighted by atomic mass is 14.2. The lowest BCUT2D eigenvalue weighted by Crippen LogP contribution is -1.95. The number of rotatable bonds is 2. The van der Waals surface area contributed by atoms with E-state index in [1.54, 1.807) is 0 Å². The molecule has 0 aliphatic heterocycles. The molecule has 0 aliphatic carbocycles. The zero-order valence-corrected chi connectivity index (χ0v) is 8.52. The van der Waals surface area contributed by atoms with Crippen LogP contribution >= 0.6 is 0 Å². The second-order valence-electron chi connectivity index (χ2n) is 3.24. The third kappa shape index (κ3) is 1.89. The first-order valence-corrected chi connectivity index (χ1v) is 4.75. The molecule has 0 saturated carbocycles. The summed E-state index contributed by atoms with van der Waals surface area (Å²) in [5, 5.41) is 8.82.